The second kappa shape index (κ2) is 5.91. The van der Waals surface area contributed by atoms with Crippen LogP contribution in [0.1, 0.15) is 18.1 Å². The molecule has 0 aromatic heterocycles. The first kappa shape index (κ1) is 13.8. The molecule has 0 atom stereocenters. The molecule has 0 aliphatic carbocycles. The third-order valence-corrected chi connectivity index (χ3v) is 2.71. The van der Waals surface area contributed by atoms with E-state index in [1.54, 1.807) is 12.1 Å². The van der Waals surface area contributed by atoms with E-state index >= 15 is 0 Å². The quantitative estimate of drug-likeness (QED) is 0.817. The number of benzene rings is 1. The van der Waals surface area contributed by atoms with Crippen LogP contribution in [0.4, 0.5) is 13.2 Å². The number of hydrogen-bond acceptors (Lipinski definition) is 2. The predicted octanol–water partition coefficient (Wildman–Crippen LogP) is 4.00. The Hall–Kier alpha value is -1.23. The van der Waals surface area contributed by atoms with Gasteiger partial charge in [0.25, 0.3) is 0 Å². The van der Waals surface area contributed by atoms with Crippen LogP contribution in [-0.4, -0.2) is 10.9 Å². The van der Waals surface area contributed by atoms with Crippen LogP contribution < -0.4 is 0 Å². The molecule has 0 saturated heterocycles. The minimum atomic E-state index is -4.35. The molecule has 0 aliphatic rings. The van der Waals surface area contributed by atoms with Crippen molar-refractivity contribution in [2.24, 2.45) is 0 Å². The smallest absolute Gasteiger partial charge is 0.288 e. The first-order chi connectivity index (χ1) is 7.91. The Balaban J connectivity index is 2.81. The van der Waals surface area contributed by atoms with Crippen molar-refractivity contribution >= 4 is 23.0 Å². The third kappa shape index (κ3) is 4.65. The zero-order valence-electron chi connectivity index (χ0n) is 9.12. The average molecular weight is 260 g/mol. The largest absolute Gasteiger partial charge is 0.416 e. The van der Waals surface area contributed by atoms with Crippen LogP contribution >= 0.6 is 11.8 Å². The molecule has 0 radical (unpaired) electrons. The molecule has 5 heteroatoms. The minimum absolute atomic E-state index is 0.0567. The van der Waals surface area contributed by atoms with Crippen LogP contribution in [0.25, 0.3) is 6.08 Å². The maximum atomic E-state index is 12.6. The molecule has 0 N–H and O–H groups in total. The van der Waals surface area contributed by atoms with Gasteiger partial charge in [-0.1, -0.05) is 42.1 Å². The summed E-state index contributed by atoms with van der Waals surface area (Å²) in [4.78, 5) is 10.6. The maximum Gasteiger partial charge on any atom is 0.416 e. The van der Waals surface area contributed by atoms with Gasteiger partial charge in [0.1, 0.15) is 0 Å². The van der Waals surface area contributed by atoms with E-state index in [1.807, 2.05) is 0 Å². The van der Waals surface area contributed by atoms with E-state index in [-0.39, 0.29) is 10.7 Å². The van der Waals surface area contributed by atoms with Gasteiger partial charge >= 0.3 is 6.18 Å². The summed E-state index contributed by atoms with van der Waals surface area (Å²) < 4.78 is 37.8. The van der Waals surface area contributed by atoms with Gasteiger partial charge in [0, 0.05) is 12.7 Å². The minimum Gasteiger partial charge on any atom is -0.288 e. The Morgan fingerprint density at radius 2 is 2.00 bits per heavy atom. The lowest BCUT2D eigenvalue weighted by Crippen LogP contribution is -2.06. The lowest BCUT2D eigenvalue weighted by molar-refractivity contribution is -0.137. The predicted molar refractivity (Wildman–Crippen MR) is 63.6 cm³/mol. The third-order valence-electron chi connectivity index (χ3n) is 1.95. The van der Waals surface area contributed by atoms with Crippen molar-refractivity contribution in [1.29, 1.82) is 0 Å². The molecule has 0 saturated carbocycles. The van der Waals surface area contributed by atoms with Crippen molar-refractivity contribution in [3.63, 3.8) is 0 Å². The van der Waals surface area contributed by atoms with Crippen LogP contribution in [0.15, 0.2) is 30.3 Å². The highest BCUT2D eigenvalue weighted by molar-refractivity contribution is 8.13. The first-order valence-corrected chi connectivity index (χ1v) is 5.86. The highest BCUT2D eigenvalue weighted by Crippen LogP contribution is 2.32. The number of carbonyl (C=O) groups excluding carboxylic acids is 1. The van der Waals surface area contributed by atoms with Gasteiger partial charge in [0.15, 0.2) is 5.12 Å². The van der Waals surface area contributed by atoms with Gasteiger partial charge in [0.05, 0.1) is 5.56 Å². The van der Waals surface area contributed by atoms with Gasteiger partial charge in [0.2, 0.25) is 0 Å². The van der Waals surface area contributed by atoms with E-state index in [0.717, 1.165) is 17.8 Å². The van der Waals surface area contributed by atoms with E-state index in [4.69, 9.17) is 0 Å². The summed E-state index contributed by atoms with van der Waals surface area (Å²) in [7, 11) is 0. The number of alkyl halides is 3. The fraction of sp³-hybridized carbons (Fsp3) is 0.250. The molecule has 92 valence electrons. The Kier molecular flexibility index (Phi) is 4.81. The molecule has 17 heavy (non-hydrogen) atoms. The van der Waals surface area contributed by atoms with Crippen molar-refractivity contribution in [3.8, 4) is 0 Å². The van der Waals surface area contributed by atoms with E-state index < -0.39 is 11.7 Å². The molecule has 0 aliphatic heterocycles. The van der Waals surface area contributed by atoms with Gasteiger partial charge in [-0.2, -0.15) is 13.2 Å². The molecular weight excluding hydrogens is 249 g/mol. The van der Waals surface area contributed by atoms with Crippen LogP contribution in [0.3, 0.4) is 0 Å². The Labute approximate surface area is 102 Å². The van der Waals surface area contributed by atoms with Crippen molar-refractivity contribution in [3.05, 3.63) is 41.5 Å². The average Bonchev–Trinajstić information content (AvgIpc) is 2.23. The molecule has 0 amide bonds. The summed E-state index contributed by atoms with van der Waals surface area (Å²) in [5.41, 5.74) is -0.548. The molecule has 1 nitrogen and oxygen atoms in total. The molecule has 1 rings (SSSR count). The monoisotopic (exact) mass is 260 g/mol. The zero-order chi connectivity index (χ0) is 12.9. The van der Waals surface area contributed by atoms with E-state index in [2.05, 4.69) is 0 Å². The highest BCUT2D eigenvalue weighted by atomic mass is 32.2. The Morgan fingerprint density at radius 1 is 1.35 bits per heavy atom. The second-order valence-corrected chi connectivity index (χ2v) is 4.49. The number of hydrogen-bond donors (Lipinski definition) is 0. The first-order valence-electron chi connectivity index (χ1n) is 4.87. The molecule has 1 aromatic rings. The molecule has 0 heterocycles. The highest BCUT2D eigenvalue weighted by Gasteiger charge is 2.32. The normalized spacial score (nSPS) is 12.0. The molecular formula is C12H11F3OS. The van der Waals surface area contributed by atoms with E-state index in [1.165, 1.54) is 25.1 Å². The lowest BCUT2D eigenvalue weighted by atomic mass is 10.1. The SMILES string of the molecule is CC(=O)SCC=Cc1ccccc1C(F)(F)F. The van der Waals surface area contributed by atoms with Gasteiger partial charge in [-0.05, 0) is 11.6 Å². The fourth-order valence-electron chi connectivity index (χ4n) is 1.24. The van der Waals surface area contributed by atoms with Gasteiger partial charge in [-0.15, -0.1) is 0 Å². The van der Waals surface area contributed by atoms with Gasteiger partial charge in [-0.3, -0.25) is 4.79 Å². The molecule has 0 unspecified atom stereocenters. The Bertz CT molecular complexity index is 424. The summed E-state index contributed by atoms with van der Waals surface area (Å²) >= 11 is 1.06. The van der Waals surface area contributed by atoms with E-state index in [0.29, 0.717) is 5.75 Å². The number of carbonyl (C=O) groups is 1. The van der Waals surface area contributed by atoms with Crippen molar-refractivity contribution in [1.82, 2.24) is 0 Å². The molecule has 1 aromatic carbocycles. The van der Waals surface area contributed by atoms with Gasteiger partial charge in [-0.25, -0.2) is 0 Å². The molecule has 0 spiro atoms. The van der Waals surface area contributed by atoms with Crippen molar-refractivity contribution in [2.45, 2.75) is 13.1 Å². The number of thioether (sulfide) groups is 1. The standard InChI is InChI=1S/C12H11F3OS/c1-9(16)17-8-4-6-10-5-2-3-7-11(10)12(13,14)15/h2-7H,8H2,1H3. The lowest BCUT2D eigenvalue weighted by Gasteiger charge is -2.09. The topological polar surface area (TPSA) is 17.1 Å². The molecule has 0 bridgehead atoms. The maximum absolute atomic E-state index is 12.6. The van der Waals surface area contributed by atoms with Crippen LogP contribution in [0, 0.1) is 0 Å². The van der Waals surface area contributed by atoms with E-state index in [9.17, 15) is 18.0 Å². The van der Waals surface area contributed by atoms with Crippen LogP contribution in [0.2, 0.25) is 0 Å². The number of halogens is 3. The molecule has 0 fully saturated rings. The summed E-state index contributed by atoms with van der Waals surface area (Å²) in [6, 6.07) is 5.34. The van der Waals surface area contributed by atoms with Crippen LogP contribution in [-0.2, 0) is 11.0 Å². The van der Waals surface area contributed by atoms with Crippen molar-refractivity contribution in [2.75, 3.05) is 5.75 Å². The zero-order valence-corrected chi connectivity index (χ0v) is 9.94. The van der Waals surface area contributed by atoms with Gasteiger partial charge < -0.3 is 0 Å². The summed E-state index contributed by atoms with van der Waals surface area (Å²) in [6.07, 6.45) is -1.41. The Morgan fingerprint density at radius 3 is 2.59 bits per heavy atom. The number of rotatable bonds is 3. The summed E-state index contributed by atoms with van der Waals surface area (Å²) in [5, 5.41) is -0.0567. The summed E-state index contributed by atoms with van der Waals surface area (Å²) in [6.45, 7) is 1.42. The second-order valence-electron chi connectivity index (χ2n) is 3.29. The van der Waals surface area contributed by atoms with Crippen LogP contribution in [0.5, 0.6) is 0 Å². The van der Waals surface area contributed by atoms with Crippen molar-refractivity contribution < 1.29 is 18.0 Å². The summed E-state index contributed by atoms with van der Waals surface area (Å²) in [5.74, 6) is 0.377. The fourth-order valence-corrected chi connectivity index (χ4v) is 1.67.